The van der Waals surface area contributed by atoms with E-state index in [1.54, 1.807) is 31.2 Å². The Kier molecular flexibility index (Phi) is 5.65. The summed E-state index contributed by atoms with van der Waals surface area (Å²) in [6, 6.07) is 7.10. The van der Waals surface area contributed by atoms with E-state index < -0.39 is 6.10 Å². The first-order chi connectivity index (χ1) is 8.52. The Hall–Kier alpha value is -1.55. The van der Waals surface area contributed by atoms with E-state index in [2.05, 4.69) is 12.2 Å². The molecule has 2 atom stereocenters. The van der Waals surface area contributed by atoms with Crippen molar-refractivity contribution in [2.24, 2.45) is 0 Å². The highest BCUT2D eigenvalue weighted by atomic mass is 16.5. The molecule has 0 heterocycles. The largest absolute Gasteiger partial charge is 0.399 e. The molecule has 0 saturated carbocycles. The average molecular weight is 250 g/mol. The van der Waals surface area contributed by atoms with Crippen molar-refractivity contribution >= 4 is 17.3 Å². The molecule has 0 fully saturated rings. The van der Waals surface area contributed by atoms with Gasteiger partial charge >= 0.3 is 0 Å². The van der Waals surface area contributed by atoms with Crippen LogP contribution in [0.1, 0.15) is 33.6 Å². The topological polar surface area (TPSA) is 64.3 Å². The van der Waals surface area contributed by atoms with Gasteiger partial charge in [-0.05, 0) is 38.5 Å². The normalized spacial score (nSPS) is 13.9. The first-order valence-electron chi connectivity index (χ1n) is 6.34. The van der Waals surface area contributed by atoms with E-state index in [1.807, 2.05) is 6.92 Å². The lowest BCUT2D eigenvalue weighted by atomic mass is 10.2. The third-order valence-corrected chi connectivity index (χ3v) is 2.66. The lowest BCUT2D eigenvalue weighted by molar-refractivity contribution is -0.129. The maximum Gasteiger partial charge on any atom is 0.253 e. The SMILES string of the molecule is CCCC(C)OC(C)C(=O)Nc1cccc(N)c1. The number of carbonyl (C=O) groups excluding carboxylic acids is 1. The second-order valence-electron chi connectivity index (χ2n) is 4.49. The van der Waals surface area contributed by atoms with E-state index in [9.17, 15) is 4.79 Å². The van der Waals surface area contributed by atoms with Crippen LogP contribution in [0.2, 0.25) is 0 Å². The zero-order chi connectivity index (χ0) is 13.5. The molecule has 0 aliphatic carbocycles. The molecule has 0 aliphatic rings. The second-order valence-corrected chi connectivity index (χ2v) is 4.49. The molecular formula is C14H22N2O2. The van der Waals surface area contributed by atoms with Crippen LogP contribution >= 0.6 is 0 Å². The predicted molar refractivity (Wildman–Crippen MR) is 74.4 cm³/mol. The average Bonchev–Trinajstić information content (AvgIpc) is 2.29. The number of ether oxygens (including phenoxy) is 1. The van der Waals surface area contributed by atoms with E-state index in [-0.39, 0.29) is 12.0 Å². The van der Waals surface area contributed by atoms with Gasteiger partial charge in [0.15, 0.2) is 0 Å². The fourth-order valence-corrected chi connectivity index (χ4v) is 1.75. The minimum absolute atomic E-state index is 0.0941. The molecule has 0 spiro atoms. The van der Waals surface area contributed by atoms with Crippen molar-refractivity contribution in [2.45, 2.75) is 45.8 Å². The van der Waals surface area contributed by atoms with Gasteiger partial charge in [-0.1, -0.05) is 19.4 Å². The number of benzene rings is 1. The molecule has 1 aromatic rings. The molecule has 4 nitrogen and oxygen atoms in total. The Morgan fingerprint density at radius 3 is 2.78 bits per heavy atom. The molecule has 3 N–H and O–H groups in total. The van der Waals surface area contributed by atoms with E-state index in [1.165, 1.54) is 0 Å². The van der Waals surface area contributed by atoms with Crippen LogP contribution < -0.4 is 11.1 Å². The summed E-state index contributed by atoms with van der Waals surface area (Å²) in [6.07, 6.45) is 1.63. The molecule has 1 amide bonds. The van der Waals surface area contributed by atoms with Crippen LogP contribution in [0, 0.1) is 0 Å². The first-order valence-corrected chi connectivity index (χ1v) is 6.34. The summed E-state index contributed by atoms with van der Waals surface area (Å²) in [4.78, 5) is 11.9. The van der Waals surface area contributed by atoms with Crippen LogP contribution in [-0.2, 0) is 9.53 Å². The number of hydrogen-bond donors (Lipinski definition) is 2. The number of amides is 1. The van der Waals surface area contributed by atoms with E-state index >= 15 is 0 Å². The van der Waals surface area contributed by atoms with Crippen LogP contribution in [0.4, 0.5) is 11.4 Å². The fraction of sp³-hybridized carbons (Fsp3) is 0.500. The molecular weight excluding hydrogens is 228 g/mol. The predicted octanol–water partition coefficient (Wildman–Crippen LogP) is 2.80. The van der Waals surface area contributed by atoms with E-state index in [0.717, 1.165) is 12.8 Å². The Bertz CT molecular complexity index is 393. The molecule has 0 aliphatic heterocycles. The molecule has 0 aromatic heterocycles. The number of nitrogen functional groups attached to an aromatic ring is 1. The molecule has 1 aromatic carbocycles. The van der Waals surface area contributed by atoms with Crippen molar-refractivity contribution < 1.29 is 9.53 Å². The summed E-state index contributed by atoms with van der Waals surface area (Å²) < 4.78 is 5.61. The number of rotatable bonds is 6. The maximum atomic E-state index is 11.9. The molecule has 1 rings (SSSR count). The van der Waals surface area contributed by atoms with Gasteiger partial charge in [0.1, 0.15) is 6.10 Å². The van der Waals surface area contributed by atoms with Crippen molar-refractivity contribution in [3.63, 3.8) is 0 Å². The van der Waals surface area contributed by atoms with Crippen molar-refractivity contribution in [1.29, 1.82) is 0 Å². The van der Waals surface area contributed by atoms with Crippen LogP contribution in [-0.4, -0.2) is 18.1 Å². The summed E-state index contributed by atoms with van der Waals surface area (Å²) in [6.45, 7) is 5.83. The first kappa shape index (κ1) is 14.5. The molecule has 0 bridgehead atoms. The lowest BCUT2D eigenvalue weighted by Crippen LogP contribution is -2.30. The van der Waals surface area contributed by atoms with Crippen molar-refractivity contribution in [2.75, 3.05) is 11.1 Å². The molecule has 0 saturated heterocycles. The zero-order valence-corrected chi connectivity index (χ0v) is 11.3. The number of carbonyl (C=O) groups is 1. The number of hydrogen-bond acceptors (Lipinski definition) is 3. The van der Waals surface area contributed by atoms with Gasteiger partial charge in [-0.3, -0.25) is 4.79 Å². The van der Waals surface area contributed by atoms with Crippen LogP contribution in [0.15, 0.2) is 24.3 Å². The van der Waals surface area contributed by atoms with Gasteiger partial charge in [-0.25, -0.2) is 0 Å². The number of anilines is 2. The van der Waals surface area contributed by atoms with Gasteiger partial charge in [0, 0.05) is 11.4 Å². The van der Waals surface area contributed by atoms with Gasteiger partial charge in [-0.2, -0.15) is 0 Å². The Morgan fingerprint density at radius 1 is 1.44 bits per heavy atom. The summed E-state index contributed by atoms with van der Waals surface area (Å²) in [5.74, 6) is -0.149. The third-order valence-electron chi connectivity index (χ3n) is 2.66. The molecule has 0 radical (unpaired) electrons. The van der Waals surface area contributed by atoms with Crippen molar-refractivity contribution in [3.8, 4) is 0 Å². The Labute approximate surface area is 109 Å². The Balaban J connectivity index is 2.49. The van der Waals surface area contributed by atoms with Crippen molar-refractivity contribution in [3.05, 3.63) is 24.3 Å². The molecule has 4 heteroatoms. The Morgan fingerprint density at radius 2 is 2.17 bits per heavy atom. The smallest absolute Gasteiger partial charge is 0.253 e. The summed E-state index contributed by atoms with van der Waals surface area (Å²) in [7, 11) is 0. The minimum atomic E-state index is -0.465. The third kappa shape index (κ3) is 4.75. The number of nitrogens with two attached hydrogens (primary N) is 1. The minimum Gasteiger partial charge on any atom is -0.399 e. The quantitative estimate of drug-likeness (QED) is 0.763. The second kappa shape index (κ2) is 7.01. The van der Waals surface area contributed by atoms with Crippen molar-refractivity contribution in [1.82, 2.24) is 0 Å². The fourth-order valence-electron chi connectivity index (χ4n) is 1.75. The standard InChI is InChI=1S/C14H22N2O2/c1-4-6-10(2)18-11(3)14(17)16-13-8-5-7-12(15)9-13/h5,7-11H,4,6,15H2,1-3H3,(H,16,17). The summed E-state index contributed by atoms with van der Waals surface area (Å²) in [5.41, 5.74) is 6.97. The maximum absolute atomic E-state index is 11.9. The highest BCUT2D eigenvalue weighted by Crippen LogP contribution is 2.13. The van der Waals surface area contributed by atoms with Gasteiger partial charge in [0.2, 0.25) is 0 Å². The van der Waals surface area contributed by atoms with Crippen LogP contribution in [0.3, 0.4) is 0 Å². The summed E-state index contributed by atoms with van der Waals surface area (Å²) >= 11 is 0. The zero-order valence-electron chi connectivity index (χ0n) is 11.3. The van der Waals surface area contributed by atoms with E-state index in [4.69, 9.17) is 10.5 Å². The van der Waals surface area contributed by atoms with Gasteiger partial charge < -0.3 is 15.8 Å². The van der Waals surface area contributed by atoms with Gasteiger partial charge in [-0.15, -0.1) is 0 Å². The highest BCUT2D eigenvalue weighted by Gasteiger charge is 2.16. The molecule has 18 heavy (non-hydrogen) atoms. The van der Waals surface area contributed by atoms with Gasteiger partial charge in [0.05, 0.1) is 6.10 Å². The van der Waals surface area contributed by atoms with Crippen LogP contribution in [0.5, 0.6) is 0 Å². The summed E-state index contributed by atoms with van der Waals surface area (Å²) in [5, 5.41) is 2.79. The molecule has 2 unspecified atom stereocenters. The molecule has 100 valence electrons. The van der Waals surface area contributed by atoms with E-state index in [0.29, 0.717) is 11.4 Å². The monoisotopic (exact) mass is 250 g/mol. The van der Waals surface area contributed by atoms with Crippen LogP contribution in [0.25, 0.3) is 0 Å². The highest BCUT2D eigenvalue weighted by molar-refractivity contribution is 5.94. The lowest BCUT2D eigenvalue weighted by Gasteiger charge is -2.18. The number of nitrogens with one attached hydrogen (secondary N) is 1. The van der Waals surface area contributed by atoms with Gasteiger partial charge in [0.25, 0.3) is 5.91 Å².